The summed E-state index contributed by atoms with van der Waals surface area (Å²) in [5.74, 6) is 0. The molecule has 1 saturated heterocycles. The molecule has 0 bridgehead atoms. The molecule has 1 fully saturated rings. The van der Waals surface area contributed by atoms with E-state index in [2.05, 4.69) is 4.98 Å². The number of rotatable bonds is 3. The van der Waals surface area contributed by atoms with E-state index >= 15 is 0 Å². The van der Waals surface area contributed by atoms with Crippen LogP contribution < -0.4 is 0 Å². The number of carbonyl (C=O) groups excluding carboxylic acids is 1. The summed E-state index contributed by atoms with van der Waals surface area (Å²) < 4.78 is 7.37. The number of aldehydes is 1. The van der Waals surface area contributed by atoms with E-state index in [9.17, 15) is 4.79 Å². The van der Waals surface area contributed by atoms with Crippen LogP contribution >= 0.6 is 0 Å². The summed E-state index contributed by atoms with van der Waals surface area (Å²) in [6.45, 7) is 1.67. The third kappa shape index (κ3) is 1.95. The van der Waals surface area contributed by atoms with Gasteiger partial charge < -0.3 is 9.30 Å². The molecule has 4 heteroatoms. The number of carbonyl (C=O) groups is 1. The smallest absolute Gasteiger partial charge is 0.169 e. The van der Waals surface area contributed by atoms with Crippen LogP contribution in [-0.2, 0) is 11.3 Å². The van der Waals surface area contributed by atoms with Gasteiger partial charge in [0, 0.05) is 19.3 Å². The lowest BCUT2D eigenvalue weighted by Crippen LogP contribution is -2.13. The Hall–Kier alpha value is -1.16. The largest absolute Gasteiger partial charge is 0.376 e. The van der Waals surface area contributed by atoms with Gasteiger partial charge in [0.25, 0.3) is 0 Å². The number of nitrogens with zero attached hydrogens (tertiary/aromatic N) is 2. The number of hydrogen-bond acceptors (Lipinski definition) is 3. The van der Waals surface area contributed by atoms with Crippen molar-refractivity contribution < 1.29 is 9.53 Å². The van der Waals surface area contributed by atoms with Gasteiger partial charge in [0.15, 0.2) is 6.29 Å². The Balaban J connectivity index is 1.96. The molecule has 0 spiro atoms. The summed E-state index contributed by atoms with van der Waals surface area (Å²) in [7, 11) is 0. The maximum atomic E-state index is 10.3. The Morgan fingerprint density at radius 1 is 1.77 bits per heavy atom. The predicted octanol–water partition coefficient (Wildman–Crippen LogP) is 0.875. The highest BCUT2D eigenvalue weighted by Crippen LogP contribution is 2.13. The summed E-state index contributed by atoms with van der Waals surface area (Å²) in [4.78, 5) is 14.3. The minimum absolute atomic E-state index is 0.300. The second-order valence-corrected chi connectivity index (χ2v) is 3.25. The van der Waals surface area contributed by atoms with Crippen molar-refractivity contribution >= 4 is 6.29 Å². The van der Waals surface area contributed by atoms with E-state index in [1.807, 2.05) is 4.57 Å². The molecule has 70 valence electrons. The van der Waals surface area contributed by atoms with Crippen LogP contribution in [0.1, 0.15) is 23.3 Å². The topological polar surface area (TPSA) is 44.1 Å². The van der Waals surface area contributed by atoms with Gasteiger partial charge in [-0.15, -0.1) is 0 Å². The van der Waals surface area contributed by atoms with Gasteiger partial charge in [-0.3, -0.25) is 4.79 Å². The van der Waals surface area contributed by atoms with Crippen LogP contribution in [0.2, 0.25) is 0 Å². The van der Waals surface area contributed by atoms with Gasteiger partial charge in [-0.05, 0) is 12.8 Å². The van der Waals surface area contributed by atoms with Crippen molar-refractivity contribution in [2.45, 2.75) is 25.5 Å². The van der Waals surface area contributed by atoms with Gasteiger partial charge in [-0.25, -0.2) is 4.98 Å². The summed E-state index contributed by atoms with van der Waals surface area (Å²) in [5, 5.41) is 0. The lowest BCUT2D eigenvalue weighted by Gasteiger charge is -2.08. The van der Waals surface area contributed by atoms with E-state index in [-0.39, 0.29) is 0 Å². The molecule has 2 heterocycles. The number of aromatic nitrogens is 2. The molecule has 0 saturated carbocycles. The van der Waals surface area contributed by atoms with Gasteiger partial charge in [0.2, 0.25) is 0 Å². The van der Waals surface area contributed by atoms with Crippen molar-refractivity contribution in [1.29, 1.82) is 0 Å². The highest BCUT2D eigenvalue weighted by Gasteiger charge is 2.15. The molecule has 1 aliphatic rings. The van der Waals surface area contributed by atoms with Crippen molar-refractivity contribution in [1.82, 2.24) is 9.55 Å². The van der Waals surface area contributed by atoms with Crippen LogP contribution in [-0.4, -0.2) is 28.5 Å². The number of hydrogen-bond donors (Lipinski definition) is 0. The molecule has 0 radical (unpaired) electrons. The number of imidazole rings is 1. The molecule has 0 aliphatic carbocycles. The zero-order chi connectivity index (χ0) is 9.10. The van der Waals surface area contributed by atoms with Crippen molar-refractivity contribution in [3.8, 4) is 0 Å². The molecular weight excluding hydrogens is 168 g/mol. The van der Waals surface area contributed by atoms with E-state index in [0.717, 1.165) is 32.3 Å². The summed E-state index contributed by atoms with van der Waals surface area (Å²) in [6, 6.07) is 0. The Bertz CT molecular complexity index is 290. The Kier molecular flexibility index (Phi) is 2.40. The fourth-order valence-corrected chi connectivity index (χ4v) is 1.56. The fourth-order valence-electron chi connectivity index (χ4n) is 1.56. The molecule has 13 heavy (non-hydrogen) atoms. The Morgan fingerprint density at radius 3 is 3.31 bits per heavy atom. The Labute approximate surface area is 76.5 Å². The first kappa shape index (κ1) is 8.44. The molecule has 2 rings (SSSR count). The maximum absolute atomic E-state index is 10.3. The minimum Gasteiger partial charge on any atom is -0.376 e. The molecular formula is C9H12N2O2. The molecule has 1 aliphatic heterocycles. The van der Waals surface area contributed by atoms with Gasteiger partial charge in [-0.2, -0.15) is 0 Å². The highest BCUT2D eigenvalue weighted by molar-refractivity contribution is 5.70. The van der Waals surface area contributed by atoms with Crippen LogP contribution in [0.4, 0.5) is 0 Å². The third-order valence-electron chi connectivity index (χ3n) is 2.21. The van der Waals surface area contributed by atoms with Crippen LogP contribution in [0.3, 0.4) is 0 Å². The second kappa shape index (κ2) is 3.70. The van der Waals surface area contributed by atoms with Crippen LogP contribution in [0.15, 0.2) is 12.5 Å². The van der Waals surface area contributed by atoms with Gasteiger partial charge in [0.1, 0.15) is 5.69 Å². The normalized spacial score (nSPS) is 22.0. The van der Waals surface area contributed by atoms with Crippen molar-refractivity contribution in [2.24, 2.45) is 0 Å². The monoisotopic (exact) mass is 180 g/mol. The first-order valence-electron chi connectivity index (χ1n) is 4.47. The summed E-state index contributed by atoms with van der Waals surface area (Å²) >= 11 is 0. The summed E-state index contributed by atoms with van der Waals surface area (Å²) in [5.41, 5.74) is 0.484. The van der Waals surface area contributed by atoms with Gasteiger partial charge in [-0.1, -0.05) is 0 Å². The van der Waals surface area contributed by atoms with Crippen LogP contribution in [0.5, 0.6) is 0 Å². The van der Waals surface area contributed by atoms with E-state index < -0.39 is 0 Å². The van der Waals surface area contributed by atoms with E-state index in [4.69, 9.17) is 4.74 Å². The first-order chi connectivity index (χ1) is 6.38. The molecule has 1 aromatic rings. The standard InChI is InChI=1S/C9H12N2O2/c12-6-8-4-11(7-10-8)5-9-2-1-3-13-9/h4,6-7,9H,1-3,5H2. The fraction of sp³-hybridized carbons (Fsp3) is 0.556. The van der Waals surface area contributed by atoms with E-state index in [1.54, 1.807) is 12.5 Å². The van der Waals surface area contributed by atoms with E-state index in [1.165, 1.54) is 0 Å². The summed E-state index contributed by atoms with van der Waals surface area (Å²) in [6.07, 6.45) is 6.72. The maximum Gasteiger partial charge on any atom is 0.169 e. The molecule has 1 aromatic heterocycles. The molecule has 0 aromatic carbocycles. The second-order valence-electron chi connectivity index (χ2n) is 3.25. The predicted molar refractivity (Wildman–Crippen MR) is 46.6 cm³/mol. The lowest BCUT2D eigenvalue weighted by molar-refractivity contribution is 0.0969. The molecule has 1 atom stereocenters. The minimum atomic E-state index is 0.300. The molecule has 4 nitrogen and oxygen atoms in total. The van der Waals surface area contributed by atoms with Gasteiger partial charge >= 0.3 is 0 Å². The first-order valence-corrected chi connectivity index (χ1v) is 4.47. The average molecular weight is 180 g/mol. The molecule has 0 N–H and O–H groups in total. The van der Waals surface area contributed by atoms with Crippen molar-refractivity contribution in [3.63, 3.8) is 0 Å². The van der Waals surface area contributed by atoms with Crippen LogP contribution in [0, 0.1) is 0 Å². The van der Waals surface area contributed by atoms with Gasteiger partial charge in [0.05, 0.1) is 12.4 Å². The van der Waals surface area contributed by atoms with Crippen LogP contribution in [0.25, 0.3) is 0 Å². The lowest BCUT2D eigenvalue weighted by atomic mass is 10.2. The van der Waals surface area contributed by atoms with E-state index in [0.29, 0.717) is 11.8 Å². The highest BCUT2D eigenvalue weighted by atomic mass is 16.5. The molecule has 1 unspecified atom stereocenters. The zero-order valence-corrected chi connectivity index (χ0v) is 7.35. The SMILES string of the molecule is O=Cc1cn(CC2CCCO2)cn1. The van der Waals surface area contributed by atoms with Crippen molar-refractivity contribution in [2.75, 3.05) is 6.61 Å². The number of ether oxygens (including phenoxy) is 1. The average Bonchev–Trinajstić information content (AvgIpc) is 2.76. The molecule has 0 amide bonds. The van der Waals surface area contributed by atoms with Crippen molar-refractivity contribution in [3.05, 3.63) is 18.2 Å². The quantitative estimate of drug-likeness (QED) is 0.648. The Morgan fingerprint density at radius 2 is 2.69 bits per heavy atom. The zero-order valence-electron chi connectivity index (χ0n) is 7.35. The third-order valence-corrected chi connectivity index (χ3v) is 2.21.